The number of esters is 1. The molecule has 1 N–H and O–H groups in total. The zero-order chi connectivity index (χ0) is 30.6. The summed E-state index contributed by atoms with van der Waals surface area (Å²) in [6.07, 6.45) is -1.23. The highest BCUT2D eigenvalue weighted by atomic mass is 32.2. The first-order valence-corrected chi connectivity index (χ1v) is 14.3. The summed E-state index contributed by atoms with van der Waals surface area (Å²) in [5, 5.41) is 5.85. The zero-order valence-electron chi connectivity index (χ0n) is 23.9. The molecule has 0 radical (unpaired) electrons. The van der Waals surface area contributed by atoms with E-state index >= 15 is 0 Å². The molecular formula is C25H40N4O11S. The highest BCUT2D eigenvalue weighted by Crippen LogP contribution is 2.13. The molecule has 0 saturated heterocycles. The molecule has 1 aromatic carbocycles. The Morgan fingerprint density at radius 2 is 1.68 bits per heavy atom. The van der Waals surface area contributed by atoms with Gasteiger partial charge in [0.15, 0.2) is 0 Å². The van der Waals surface area contributed by atoms with Crippen LogP contribution in [0.5, 0.6) is 0 Å². The fourth-order valence-electron chi connectivity index (χ4n) is 2.78. The van der Waals surface area contributed by atoms with Crippen LogP contribution in [0, 0.1) is 6.92 Å². The van der Waals surface area contributed by atoms with Gasteiger partial charge in [0.2, 0.25) is 0 Å². The van der Waals surface area contributed by atoms with Crippen LogP contribution < -0.4 is 5.32 Å². The summed E-state index contributed by atoms with van der Waals surface area (Å²) < 4.78 is 61.3. The monoisotopic (exact) mass is 604 g/mol. The third kappa shape index (κ3) is 18.9. The molecule has 1 rings (SSSR count). The van der Waals surface area contributed by atoms with Gasteiger partial charge in [-0.25, -0.2) is 9.59 Å². The Morgan fingerprint density at radius 3 is 2.37 bits per heavy atom. The number of aryl methyl sites for hydroxylation is 1. The van der Waals surface area contributed by atoms with Gasteiger partial charge in [0, 0.05) is 18.0 Å². The lowest BCUT2D eigenvalue weighted by molar-refractivity contribution is -0.155. The highest BCUT2D eigenvalue weighted by molar-refractivity contribution is 7.86. The maximum absolute atomic E-state index is 12.2. The summed E-state index contributed by atoms with van der Waals surface area (Å²) in [4.78, 5) is 26.2. The number of nitrogens with one attached hydrogen (secondary N) is 1. The van der Waals surface area contributed by atoms with Crippen molar-refractivity contribution < 1.29 is 50.6 Å². The number of benzene rings is 1. The standard InChI is InChI=1S/C25H40N4O11S/c1-20-5-7-22(8-6-20)41(32,33)39-16-14-34-13-15-37-21(18-38-23(30)19-36-12-10-28-29-26)17-35-11-9-27-24(31)40-25(2,3)4/h5-8,21H,9-19H2,1-4H3,(H,27,31)/t21-/m1/s1. The first-order chi connectivity index (χ1) is 19.4. The quantitative estimate of drug-likeness (QED) is 0.0541. The van der Waals surface area contributed by atoms with Crippen LogP contribution in [0.3, 0.4) is 0 Å². The SMILES string of the molecule is Cc1ccc(S(=O)(=O)OCCOCCO[C@H](COCCNC(=O)OC(C)(C)C)COC(=O)COCCN=[N+]=[N-])cc1. The first kappa shape index (κ1) is 36.0. The van der Waals surface area contributed by atoms with Gasteiger partial charge >= 0.3 is 12.1 Å². The van der Waals surface area contributed by atoms with Crippen molar-refractivity contribution in [1.29, 1.82) is 0 Å². The van der Waals surface area contributed by atoms with Crippen molar-refractivity contribution >= 4 is 22.2 Å². The van der Waals surface area contributed by atoms with E-state index < -0.39 is 33.9 Å². The lowest BCUT2D eigenvalue weighted by Gasteiger charge is -2.20. The normalized spacial score (nSPS) is 12.3. The number of rotatable bonds is 21. The van der Waals surface area contributed by atoms with Crippen LogP contribution in [-0.2, 0) is 47.5 Å². The second kappa shape index (κ2) is 20.0. The van der Waals surface area contributed by atoms with Crippen LogP contribution in [0.1, 0.15) is 26.3 Å². The number of nitrogens with zero attached hydrogens (tertiary/aromatic N) is 3. The molecule has 0 aliphatic heterocycles. The molecule has 0 aliphatic rings. The van der Waals surface area contributed by atoms with Crippen molar-refractivity contribution in [3.05, 3.63) is 40.3 Å². The molecule has 0 spiro atoms. The molecule has 0 aromatic heterocycles. The van der Waals surface area contributed by atoms with Crippen molar-refractivity contribution in [2.24, 2.45) is 5.11 Å². The number of alkyl carbamates (subject to hydrolysis) is 1. The maximum atomic E-state index is 12.2. The molecule has 1 amide bonds. The summed E-state index contributed by atoms with van der Waals surface area (Å²) in [7, 11) is -3.88. The van der Waals surface area contributed by atoms with Crippen molar-refractivity contribution in [1.82, 2.24) is 5.32 Å². The van der Waals surface area contributed by atoms with Crippen molar-refractivity contribution in [3.8, 4) is 0 Å². The molecule has 0 saturated carbocycles. The fourth-order valence-corrected chi connectivity index (χ4v) is 3.68. The minimum Gasteiger partial charge on any atom is -0.461 e. The van der Waals surface area contributed by atoms with Gasteiger partial charge in [-0.1, -0.05) is 22.8 Å². The summed E-state index contributed by atoms with van der Waals surface area (Å²) in [5.41, 5.74) is 8.54. The van der Waals surface area contributed by atoms with Gasteiger partial charge in [0.05, 0.1) is 51.1 Å². The molecule has 0 fully saturated rings. The summed E-state index contributed by atoms with van der Waals surface area (Å²) in [5.74, 6) is -0.644. The molecular weight excluding hydrogens is 564 g/mol. The summed E-state index contributed by atoms with van der Waals surface area (Å²) in [6, 6.07) is 6.30. The number of carbonyl (C=O) groups is 2. The van der Waals surface area contributed by atoms with E-state index in [4.69, 9.17) is 38.1 Å². The van der Waals surface area contributed by atoms with Gasteiger partial charge in [0.25, 0.3) is 10.1 Å². The Balaban J connectivity index is 2.38. The fraction of sp³-hybridized carbons (Fsp3) is 0.680. The predicted molar refractivity (Wildman–Crippen MR) is 146 cm³/mol. The molecule has 0 unspecified atom stereocenters. The van der Waals surface area contributed by atoms with Gasteiger partial charge in [-0.15, -0.1) is 0 Å². The molecule has 1 aromatic rings. The number of azide groups is 1. The van der Waals surface area contributed by atoms with Gasteiger partial charge in [-0.05, 0) is 45.4 Å². The molecule has 16 heteroatoms. The average molecular weight is 605 g/mol. The molecule has 0 aliphatic carbocycles. The Kier molecular flexibility index (Phi) is 17.6. The number of carbonyl (C=O) groups excluding carboxylic acids is 2. The first-order valence-electron chi connectivity index (χ1n) is 12.9. The van der Waals surface area contributed by atoms with Gasteiger partial charge < -0.3 is 33.7 Å². The van der Waals surface area contributed by atoms with E-state index in [1.165, 1.54) is 12.1 Å². The Morgan fingerprint density at radius 1 is 0.976 bits per heavy atom. The Labute approximate surface area is 240 Å². The second-order valence-electron chi connectivity index (χ2n) is 9.39. The lowest BCUT2D eigenvalue weighted by Crippen LogP contribution is -2.35. The highest BCUT2D eigenvalue weighted by Gasteiger charge is 2.17. The van der Waals surface area contributed by atoms with Gasteiger partial charge in [-0.3, -0.25) is 4.18 Å². The van der Waals surface area contributed by atoms with E-state index in [-0.39, 0.29) is 77.4 Å². The molecule has 232 valence electrons. The van der Waals surface area contributed by atoms with Crippen LogP contribution in [0.25, 0.3) is 10.4 Å². The smallest absolute Gasteiger partial charge is 0.407 e. The number of ether oxygens (including phenoxy) is 6. The topological polar surface area (TPSA) is 194 Å². The third-order valence-electron chi connectivity index (χ3n) is 4.62. The van der Waals surface area contributed by atoms with Crippen LogP contribution in [0.2, 0.25) is 0 Å². The second-order valence-corrected chi connectivity index (χ2v) is 11.0. The van der Waals surface area contributed by atoms with E-state index in [1.807, 2.05) is 6.92 Å². The van der Waals surface area contributed by atoms with Crippen LogP contribution in [0.4, 0.5) is 4.79 Å². The molecule has 0 heterocycles. The number of hydrogen-bond acceptors (Lipinski definition) is 12. The average Bonchev–Trinajstić information content (AvgIpc) is 2.89. The van der Waals surface area contributed by atoms with E-state index in [1.54, 1.807) is 32.9 Å². The van der Waals surface area contributed by atoms with Gasteiger partial charge in [-0.2, -0.15) is 8.42 Å². The van der Waals surface area contributed by atoms with E-state index in [9.17, 15) is 18.0 Å². The van der Waals surface area contributed by atoms with Gasteiger partial charge in [0.1, 0.15) is 24.9 Å². The largest absolute Gasteiger partial charge is 0.461 e. The summed E-state index contributed by atoms with van der Waals surface area (Å²) in [6.45, 7) is 7.21. The van der Waals surface area contributed by atoms with Crippen molar-refractivity contribution in [2.45, 2.75) is 44.3 Å². The van der Waals surface area contributed by atoms with Crippen molar-refractivity contribution in [3.63, 3.8) is 0 Å². The van der Waals surface area contributed by atoms with E-state index in [0.29, 0.717) is 0 Å². The maximum Gasteiger partial charge on any atom is 0.407 e. The van der Waals surface area contributed by atoms with E-state index in [2.05, 4.69) is 15.3 Å². The predicted octanol–water partition coefficient (Wildman–Crippen LogP) is 2.51. The zero-order valence-corrected chi connectivity index (χ0v) is 24.7. The number of amides is 1. The minimum atomic E-state index is -3.88. The molecule has 41 heavy (non-hydrogen) atoms. The van der Waals surface area contributed by atoms with Crippen LogP contribution >= 0.6 is 0 Å². The third-order valence-corrected chi connectivity index (χ3v) is 5.95. The minimum absolute atomic E-state index is 0.00806. The Hall–Kier alpha value is -2.98. The van der Waals surface area contributed by atoms with Crippen molar-refractivity contribution in [2.75, 3.05) is 72.6 Å². The lowest BCUT2D eigenvalue weighted by atomic mass is 10.2. The molecule has 0 bridgehead atoms. The number of hydrogen-bond donors (Lipinski definition) is 1. The van der Waals surface area contributed by atoms with Crippen LogP contribution in [-0.4, -0.2) is 105 Å². The van der Waals surface area contributed by atoms with E-state index in [0.717, 1.165) is 5.56 Å². The van der Waals surface area contributed by atoms with Crippen LogP contribution in [0.15, 0.2) is 34.3 Å². The molecule has 1 atom stereocenters. The Bertz CT molecular complexity index is 1060. The summed E-state index contributed by atoms with van der Waals surface area (Å²) >= 11 is 0. The molecule has 15 nitrogen and oxygen atoms in total.